The Morgan fingerprint density at radius 1 is 0.683 bits per heavy atom. The van der Waals surface area contributed by atoms with Crippen molar-refractivity contribution in [3.63, 3.8) is 0 Å². The second-order valence-corrected chi connectivity index (χ2v) is 10.3. The van der Waals surface area contributed by atoms with Crippen molar-refractivity contribution in [1.29, 1.82) is 0 Å². The number of aliphatic imine (C=N–C) groups is 1. The second-order valence-electron chi connectivity index (χ2n) is 10.3. The maximum atomic E-state index is 5.27. The lowest BCUT2D eigenvalue weighted by atomic mass is 9.98. The lowest BCUT2D eigenvalue weighted by Gasteiger charge is -2.31. The van der Waals surface area contributed by atoms with E-state index in [-0.39, 0.29) is 0 Å². The minimum Gasteiger partial charge on any atom is -0.309 e. The van der Waals surface area contributed by atoms with Crippen LogP contribution in [0.5, 0.6) is 0 Å². The van der Waals surface area contributed by atoms with Gasteiger partial charge in [-0.15, -0.1) is 0 Å². The maximum Gasteiger partial charge on any atom is 0.148 e. The van der Waals surface area contributed by atoms with Crippen molar-refractivity contribution in [3.05, 3.63) is 137 Å². The SMILES string of the molecule is C=NC1=c2c(nc3ccccc3/c2=C/C)N(c2ccc3c(c2)c2ccccc2n3-c2ccccc2)c2ccccc21. The van der Waals surface area contributed by atoms with Crippen LogP contribution in [0.4, 0.5) is 17.2 Å². The first-order valence-electron chi connectivity index (χ1n) is 13.8. The summed E-state index contributed by atoms with van der Waals surface area (Å²) < 4.78 is 2.34. The molecule has 7 aromatic rings. The van der Waals surface area contributed by atoms with Gasteiger partial charge in [-0.05, 0) is 67.4 Å². The number of hydrogen-bond acceptors (Lipinski definition) is 3. The number of aromatic nitrogens is 2. The summed E-state index contributed by atoms with van der Waals surface area (Å²) in [5.74, 6) is 0.865. The van der Waals surface area contributed by atoms with Gasteiger partial charge in [-0.1, -0.05) is 78.9 Å². The molecule has 0 amide bonds. The number of pyridine rings is 1. The van der Waals surface area contributed by atoms with Crippen molar-refractivity contribution in [1.82, 2.24) is 9.55 Å². The van der Waals surface area contributed by atoms with Crippen molar-refractivity contribution in [3.8, 4) is 5.69 Å². The van der Waals surface area contributed by atoms with Crippen LogP contribution in [-0.4, -0.2) is 16.3 Å². The maximum absolute atomic E-state index is 5.27. The average molecular weight is 527 g/mol. The number of anilines is 3. The lowest BCUT2D eigenvalue weighted by molar-refractivity contribution is 1.14. The van der Waals surface area contributed by atoms with E-state index in [2.05, 4.69) is 149 Å². The molecule has 0 atom stereocenters. The smallest absolute Gasteiger partial charge is 0.148 e. The molecule has 0 radical (unpaired) electrons. The Labute approximate surface area is 237 Å². The van der Waals surface area contributed by atoms with Crippen LogP contribution in [0.3, 0.4) is 0 Å². The van der Waals surface area contributed by atoms with Crippen molar-refractivity contribution in [2.75, 3.05) is 4.90 Å². The van der Waals surface area contributed by atoms with E-state index in [0.717, 1.165) is 55.5 Å². The number of para-hydroxylation sites is 4. The molecule has 194 valence electrons. The first kappa shape index (κ1) is 23.4. The van der Waals surface area contributed by atoms with Crippen molar-refractivity contribution >= 4 is 68.4 Å². The van der Waals surface area contributed by atoms with Crippen LogP contribution in [-0.2, 0) is 0 Å². The van der Waals surface area contributed by atoms with E-state index in [1.165, 1.54) is 21.8 Å². The summed E-state index contributed by atoms with van der Waals surface area (Å²) in [4.78, 5) is 12.1. The zero-order chi connectivity index (χ0) is 27.5. The highest BCUT2D eigenvalue weighted by Gasteiger charge is 2.27. The summed E-state index contributed by atoms with van der Waals surface area (Å²) in [6, 6.07) is 42.7. The van der Waals surface area contributed by atoms with E-state index >= 15 is 0 Å². The molecule has 1 aliphatic heterocycles. The van der Waals surface area contributed by atoms with Crippen molar-refractivity contribution in [2.45, 2.75) is 6.92 Å². The van der Waals surface area contributed by atoms with Gasteiger partial charge in [-0.2, -0.15) is 0 Å². The van der Waals surface area contributed by atoms with Crippen LogP contribution in [0, 0.1) is 0 Å². The Kier molecular flexibility index (Phi) is 5.16. The van der Waals surface area contributed by atoms with E-state index in [1.54, 1.807) is 0 Å². The first-order chi connectivity index (χ1) is 20.3. The Balaban J connectivity index is 1.49. The van der Waals surface area contributed by atoms with Crippen LogP contribution in [0.25, 0.3) is 50.2 Å². The summed E-state index contributed by atoms with van der Waals surface area (Å²) in [5, 5.41) is 5.64. The van der Waals surface area contributed by atoms with E-state index in [9.17, 15) is 0 Å². The van der Waals surface area contributed by atoms with E-state index < -0.39 is 0 Å². The molecule has 0 saturated carbocycles. The molecule has 4 heteroatoms. The van der Waals surface area contributed by atoms with Gasteiger partial charge in [0.15, 0.2) is 0 Å². The quantitative estimate of drug-likeness (QED) is 0.220. The van der Waals surface area contributed by atoms with E-state index in [4.69, 9.17) is 4.98 Å². The van der Waals surface area contributed by atoms with Gasteiger partial charge in [0.1, 0.15) is 5.82 Å². The molecule has 5 aromatic carbocycles. The Morgan fingerprint density at radius 3 is 2.22 bits per heavy atom. The molecule has 4 nitrogen and oxygen atoms in total. The van der Waals surface area contributed by atoms with Crippen molar-refractivity contribution < 1.29 is 0 Å². The van der Waals surface area contributed by atoms with Crippen LogP contribution >= 0.6 is 0 Å². The molecule has 0 N–H and O–H groups in total. The first-order valence-corrected chi connectivity index (χ1v) is 13.8. The van der Waals surface area contributed by atoms with Gasteiger partial charge in [-0.25, -0.2) is 4.98 Å². The monoisotopic (exact) mass is 526 g/mol. The van der Waals surface area contributed by atoms with Crippen LogP contribution < -0.4 is 15.3 Å². The number of rotatable bonds is 3. The highest BCUT2D eigenvalue weighted by Crippen LogP contribution is 2.42. The number of fused-ring (bicyclic) bond motifs is 6. The minimum atomic E-state index is 0.861. The molecule has 1 aliphatic rings. The predicted molar refractivity (Wildman–Crippen MR) is 172 cm³/mol. The molecule has 0 bridgehead atoms. The van der Waals surface area contributed by atoms with Gasteiger partial charge in [0.05, 0.1) is 33.2 Å². The highest BCUT2D eigenvalue weighted by atomic mass is 15.2. The summed E-state index contributed by atoms with van der Waals surface area (Å²) in [6.45, 7) is 6.07. The van der Waals surface area contributed by atoms with Crippen LogP contribution in [0.2, 0.25) is 0 Å². The molecule has 8 rings (SSSR count). The lowest BCUT2D eigenvalue weighted by Crippen LogP contribution is -2.37. The van der Waals surface area contributed by atoms with E-state index in [0.29, 0.717) is 0 Å². The molecular formula is C37H26N4. The molecule has 0 unspecified atom stereocenters. The van der Waals surface area contributed by atoms with Gasteiger partial charge in [0.25, 0.3) is 0 Å². The molecule has 0 fully saturated rings. The number of benzene rings is 5. The summed E-state index contributed by atoms with van der Waals surface area (Å²) >= 11 is 0. The van der Waals surface area contributed by atoms with Gasteiger partial charge in [0, 0.05) is 33.1 Å². The standard InChI is InChI=1S/C37H26N4/c1-3-26-27-15-7-10-18-31(27)39-37-35(26)36(38-2)29-17-9-12-20-33(29)41(37)25-21-22-34-30(23-25)28-16-8-11-19-32(28)40(34)24-13-5-4-6-14-24/h3-23H,2H2,1H3/b26-3-. The summed E-state index contributed by atoms with van der Waals surface area (Å²) in [5.41, 5.74) is 8.45. The Hall–Kier alpha value is -5.48. The third-order valence-corrected chi connectivity index (χ3v) is 8.14. The van der Waals surface area contributed by atoms with Gasteiger partial charge >= 0.3 is 0 Å². The molecule has 0 saturated heterocycles. The third-order valence-electron chi connectivity index (χ3n) is 8.14. The Bertz CT molecular complexity index is 2290. The Morgan fingerprint density at radius 2 is 1.39 bits per heavy atom. The fourth-order valence-electron chi connectivity index (χ4n) is 6.42. The van der Waals surface area contributed by atoms with Gasteiger partial charge < -0.3 is 4.57 Å². The molecule has 3 heterocycles. The van der Waals surface area contributed by atoms with Gasteiger partial charge in [0.2, 0.25) is 0 Å². The third kappa shape index (κ3) is 3.34. The fourth-order valence-corrected chi connectivity index (χ4v) is 6.42. The molecule has 41 heavy (non-hydrogen) atoms. The van der Waals surface area contributed by atoms with E-state index in [1.807, 2.05) is 6.07 Å². The fraction of sp³-hybridized carbons (Fsp3) is 0.0270. The molecular weight excluding hydrogens is 500 g/mol. The summed E-state index contributed by atoms with van der Waals surface area (Å²) in [6.07, 6.45) is 2.16. The largest absolute Gasteiger partial charge is 0.309 e. The minimum absolute atomic E-state index is 0.861. The average Bonchev–Trinajstić information content (AvgIpc) is 3.36. The molecule has 2 aromatic heterocycles. The van der Waals surface area contributed by atoms with Crippen LogP contribution in [0.1, 0.15) is 12.5 Å². The number of nitrogens with zero attached hydrogens (tertiary/aromatic N) is 4. The predicted octanol–water partition coefficient (Wildman–Crippen LogP) is 7.77. The summed E-state index contributed by atoms with van der Waals surface area (Å²) in [7, 11) is 0. The highest BCUT2D eigenvalue weighted by molar-refractivity contribution is 6.11. The molecule has 0 aliphatic carbocycles. The molecule has 0 spiro atoms. The van der Waals surface area contributed by atoms with Gasteiger partial charge in [-0.3, -0.25) is 9.89 Å². The topological polar surface area (TPSA) is 33.4 Å². The zero-order valence-electron chi connectivity index (χ0n) is 22.6. The normalized spacial score (nSPS) is 13.1. The second kappa shape index (κ2) is 9.04. The van der Waals surface area contributed by atoms with Crippen LogP contribution in [0.15, 0.2) is 126 Å². The van der Waals surface area contributed by atoms with Crippen molar-refractivity contribution in [2.24, 2.45) is 4.99 Å². The number of hydrogen-bond donors (Lipinski definition) is 0. The zero-order valence-corrected chi connectivity index (χ0v) is 22.6.